The molecule has 0 N–H and O–H groups in total. The van der Waals surface area contributed by atoms with Crippen molar-refractivity contribution in [3.63, 3.8) is 0 Å². The van der Waals surface area contributed by atoms with Crippen molar-refractivity contribution in [3.05, 3.63) is 29.0 Å². The fourth-order valence-corrected chi connectivity index (χ4v) is 2.81. The van der Waals surface area contributed by atoms with E-state index >= 15 is 0 Å². The first kappa shape index (κ1) is 12.3. The highest BCUT2D eigenvalue weighted by molar-refractivity contribution is 6.31. The molecule has 1 aliphatic rings. The van der Waals surface area contributed by atoms with Crippen LogP contribution >= 0.6 is 23.2 Å². The van der Waals surface area contributed by atoms with Gasteiger partial charge >= 0.3 is 0 Å². The molecule has 3 nitrogen and oxygen atoms in total. The smallest absolute Gasteiger partial charge is 0.124 e. The van der Waals surface area contributed by atoms with Crippen molar-refractivity contribution in [1.82, 2.24) is 9.55 Å². The highest BCUT2D eigenvalue weighted by atomic mass is 35.5. The van der Waals surface area contributed by atoms with Crippen molar-refractivity contribution in [2.24, 2.45) is 5.92 Å². The molecule has 1 atom stereocenters. The fraction of sp³-hybridized carbons (Fsp3) is 0.462. The molecule has 0 spiro atoms. The molecule has 1 saturated heterocycles. The predicted molar refractivity (Wildman–Crippen MR) is 73.2 cm³/mol. The van der Waals surface area contributed by atoms with E-state index in [-0.39, 0.29) is 0 Å². The van der Waals surface area contributed by atoms with Gasteiger partial charge in [0.2, 0.25) is 0 Å². The number of aromatic nitrogens is 2. The molecule has 0 bridgehead atoms. The van der Waals surface area contributed by atoms with E-state index in [1.54, 1.807) is 0 Å². The molecule has 1 aliphatic heterocycles. The third kappa shape index (κ3) is 2.22. The summed E-state index contributed by atoms with van der Waals surface area (Å²) in [5, 5.41) is 0.729. The van der Waals surface area contributed by atoms with Gasteiger partial charge in [-0.25, -0.2) is 4.98 Å². The summed E-state index contributed by atoms with van der Waals surface area (Å²) in [5.74, 6) is 1.86. The molecule has 0 amide bonds. The Balaban J connectivity index is 2.03. The Hall–Kier alpha value is -0.770. The number of rotatable bonds is 3. The standard InChI is InChI=1S/C13H14Cl2N2O/c14-6-13-16-11-2-1-10(15)5-12(11)17(13)7-9-3-4-18-8-9/h1-2,5,9H,3-4,6-8H2. The van der Waals surface area contributed by atoms with Gasteiger partial charge in [0.25, 0.3) is 0 Å². The number of alkyl halides is 1. The molecule has 1 aromatic carbocycles. The Kier molecular flexibility index (Phi) is 3.46. The van der Waals surface area contributed by atoms with Crippen LogP contribution in [-0.4, -0.2) is 22.8 Å². The molecule has 0 aliphatic carbocycles. The summed E-state index contributed by atoms with van der Waals surface area (Å²) >= 11 is 12.0. The molecule has 2 aromatic rings. The largest absolute Gasteiger partial charge is 0.381 e. The predicted octanol–water partition coefficient (Wildman–Crippen LogP) is 3.47. The van der Waals surface area contributed by atoms with Gasteiger partial charge in [-0.1, -0.05) is 11.6 Å². The van der Waals surface area contributed by atoms with Crippen molar-refractivity contribution in [2.75, 3.05) is 13.2 Å². The van der Waals surface area contributed by atoms with Crippen LogP contribution in [-0.2, 0) is 17.2 Å². The lowest BCUT2D eigenvalue weighted by molar-refractivity contribution is 0.182. The third-order valence-electron chi connectivity index (χ3n) is 3.37. The molecule has 1 aromatic heterocycles. The van der Waals surface area contributed by atoms with Gasteiger partial charge in [-0.05, 0) is 24.6 Å². The van der Waals surface area contributed by atoms with E-state index in [0.29, 0.717) is 11.8 Å². The van der Waals surface area contributed by atoms with Crippen LogP contribution in [0.3, 0.4) is 0 Å². The molecule has 3 rings (SSSR count). The van der Waals surface area contributed by atoms with Gasteiger partial charge < -0.3 is 9.30 Å². The summed E-state index contributed by atoms with van der Waals surface area (Å²) in [6.07, 6.45) is 1.10. The van der Waals surface area contributed by atoms with E-state index in [0.717, 1.165) is 48.1 Å². The lowest BCUT2D eigenvalue weighted by atomic mass is 10.1. The summed E-state index contributed by atoms with van der Waals surface area (Å²) in [7, 11) is 0. The maximum atomic E-state index is 6.06. The van der Waals surface area contributed by atoms with E-state index in [9.17, 15) is 0 Å². The fourth-order valence-electron chi connectivity index (χ4n) is 2.44. The molecule has 2 heterocycles. The molecule has 5 heteroatoms. The quantitative estimate of drug-likeness (QED) is 0.807. The van der Waals surface area contributed by atoms with Gasteiger partial charge in [-0.3, -0.25) is 0 Å². The average Bonchev–Trinajstić information content (AvgIpc) is 2.98. The first-order chi connectivity index (χ1) is 8.78. The number of hydrogen-bond acceptors (Lipinski definition) is 2. The molecule has 18 heavy (non-hydrogen) atoms. The Morgan fingerprint density at radius 3 is 3.06 bits per heavy atom. The number of imidazole rings is 1. The van der Waals surface area contributed by atoms with Gasteiger partial charge in [0, 0.05) is 24.1 Å². The molecule has 1 unspecified atom stereocenters. The van der Waals surface area contributed by atoms with E-state index in [4.69, 9.17) is 27.9 Å². The first-order valence-electron chi connectivity index (χ1n) is 6.06. The van der Waals surface area contributed by atoms with E-state index in [1.807, 2.05) is 18.2 Å². The third-order valence-corrected chi connectivity index (χ3v) is 3.85. The van der Waals surface area contributed by atoms with Crippen molar-refractivity contribution in [3.8, 4) is 0 Å². The van der Waals surface area contributed by atoms with Crippen LogP contribution in [0.2, 0.25) is 5.02 Å². The lowest BCUT2D eigenvalue weighted by Crippen LogP contribution is -2.12. The Morgan fingerprint density at radius 2 is 2.33 bits per heavy atom. The molecule has 0 radical (unpaired) electrons. The van der Waals surface area contributed by atoms with Crippen molar-refractivity contribution in [2.45, 2.75) is 18.8 Å². The molecular formula is C13H14Cl2N2O. The SMILES string of the molecule is ClCc1nc2ccc(Cl)cc2n1CC1CCOC1. The second-order valence-electron chi connectivity index (χ2n) is 4.63. The number of hydrogen-bond donors (Lipinski definition) is 0. The summed E-state index contributed by atoms with van der Waals surface area (Å²) in [6, 6.07) is 5.75. The summed E-state index contributed by atoms with van der Waals surface area (Å²) in [5.41, 5.74) is 2.01. The number of halogens is 2. The van der Waals surface area contributed by atoms with E-state index in [2.05, 4.69) is 9.55 Å². The zero-order valence-corrected chi connectivity index (χ0v) is 11.4. The van der Waals surface area contributed by atoms with Gasteiger partial charge in [0.15, 0.2) is 0 Å². The normalized spacial score (nSPS) is 19.8. The highest BCUT2D eigenvalue weighted by Crippen LogP contribution is 2.24. The monoisotopic (exact) mass is 284 g/mol. The van der Waals surface area contributed by atoms with Crippen LogP contribution in [0.1, 0.15) is 12.2 Å². The van der Waals surface area contributed by atoms with Crippen molar-refractivity contribution < 1.29 is 4.74 Å². The van der Waals surface area contributed by atoms with Gasteiger partial charge in [-0.15, -0.1) is 11.6 Å². The number of ether oxygens (including phenoxy) is 1. The van der Waals surface area contributed by atoms with Crippen LogP contribution in [0.15, 0.2) is 18.2 Å². The maximum absolute atomic E-state index is 6.06. The van der Waals surface area contributed by atoms with Crippen molar-refractivity contribution in [1.29, 1.82) is 0 Å². The van der Waals surface area contributed by atoms with E-state index < -0.39 is 0 Å². The minimum Gasteiger partial charge on any atom is -0.381 e. The summed E-state index contributed by atoms with van der Waals surface area (Å²) in [6.45, 7) is 2.58. The van der Waals surface area contributed by atoms with Gasteiger partial charge in [0.1, 0.15) is 5.82 Å². The Morgan fingerprint density at radius 1 is 1.44 bits per heavy atom. The van der Waals surface area contributed by atoms with Crippen molar-refractivity contribution >= 4 is 34.2 Å². The number of benzene rings is 1. The van der Waals surface area contributed by atoms with Gasteiger partial charge in [-0.2, -0.15) is 0 Å². The second kappa shape index (κ2) is 5.08. The lowest BCUT2D eigenvalue weighted by Gasteiger charge is -2.12. The minimum absolute atomic E-state index is 0.417. The van der Waals surface area contributed by atoms with E-state index in [1.165, 1.54) is 0 Å². The number of nitrogens with zero attached hydrogens (tertiary/aromatic N) is 2. The first-order valence-corrected chi connectivity index (χ1v) is 6.97. The molecule has 0 saturated carbocycles. The topological polar surface area (TPSA) is 27.1 Å². The molecule has 1 fully saturated rings. The van der Waals surface area contributed by atoms with Crippen LogP contribution in [0.5, 0.6) is 0 Å². The minimum atomic E-state index is 0.417. The maximum Gasteiger partial charge on any atom is 0.124 e. The van der Waals surface area contributed by atoms with Crippen LogP contribution in [0, 0.1) is 5.92 Å². The zero-order valence-electron chi connectivity index (χ0n) is 9.90. The second-order valence-corrected chi connectivity index (χ2v) is 5.34. The zero-order chi connectivity index (χ0) is 12.5. The van der Waals surface area contributed by atoms with Crippen LogP contribution < -0.4 is 0 Å². The average molecular weight is 285 g/mol. The Labute approximate surface area is 116 Å². The number of fused-ring (bicyclic) bond motifs is 1. The van der Waals surface area contributed by atoms with Crippen LogP contribution in [0.25, 0.3) is 11.0 Å². The molecule has 96 valence electrons. The molecular weight excluding hydrogens is 271 g/mol. The van der Waals surface area contributed by atoms with Gasteiger partial charge in [0.05, 0.1) is 23.5 Å². The van der Waals surface area contributed by atoms with Crippen LogP contribution in [0.4, 0.5) is 0 Å². The highest BCUT2D eigenvalue weighted by Gasteiger charge is 2.19. The summed E-state index contributed by atoms with van der Waals surface area (Å²) in [4.78, 5) is 4.55. The summed E-state index contributed by atoms with van der Waals surface area (Å²) < 4.78 is 7.60. The Bertz CT molecular complexity index is 561.